The lowest BCUT2D eigenvalue weighted by molar-refractivity contribution is 0.195. The molecule has 1 aromatic rings. The zero-order valence-electron chi connectivity index (χ0n) is 10.5. The molecule has 4 heteroatoms. The molecule has 2 atom stereocenters. The zero-order chi connectivity index (χ0) is 12.8. The van der Waals surface area contributed by atoms with Gasteiger partial charge >= 0.3 is 0 Å². The highest BCUT2D eigenvalue weighted by molar-refractivity contribution is 6.30. The number of hydrogen-bond acceptors (Lipinski definition) is 2. The van der Waals surface area contributed by atoms with Gasteiger partial charge < -0.3 is 10.1 Å². The summed E-state index contributed by atoms with van der Waals surface area (Å²) >= 11 is 5.73. The fourth-order valence-electron chi connectivity index (χ4n) is 1.71. The van der Waals surface area contributed by atoms with E-state index >= 15 is 0 Å². The molecule has 0 aliphatic rings. The lowest BCUT2D eigenvalue weighted by Gasteiger charge is -2.22. The van der Waals surface area contributed by atoms with E-state index in [0.29, 0.717) is 17.2 Å². The first kappa shape index (κ1) is 14.4. The van der Waals surface area contributed by atoms with Crippen LogP contribution in [0.2, 0.25) is 5.02 Å². The summed E-state index contributed by atoms with van der Waals surface area (Å²) < 4.78 is 18.7. The molecule has 0 aliphatic carbocycles. The highest BCUT2D eigenvalue weighted by atomic mass is 35.5. The Morgan fingerprint density at radius 2 is 2.12 bits per heavy atom. The third-order valence-corrected chi connectivity index (χ3v) is 3.21. The molecule has 2 nitrogen and oxygen atoms in total. The van der Waals surface area contributed by atoms with Crippen LogP contribution in [0.15, 0.2) is 18.2 Å². The SMILES string of the molecule is COCCNC(C)C(C)c1ccc(Cl)cc1F. The van der Waals surface area contributed by atoms with Crippen LogP contribution in [-0.4, -0.2) is 26.3 Å². The maximum absolute atomic E-state index is 13.7. The van der Waals surface area contributed by atoms with E-state index in [1.165, 1.54) is 6.07 Å². The van der Waals surface area contributed by atoms with Gasteiger partial charge in [0.15, 0.2) is 0 Å². The number of methoxy groups -OCH3 is 1. The molecule has 1 aromatic carbocycles. The molecule has 0 radical (unpaired) electrons. The lowest BCUT2D eigenvalue weighted by Crippen LogP contribution is -2.33. The Labute approximate surface area is 107 Å². The van der Waals surface area contributed by atoms with Gasteiger partial charge in [-0.2, -0.15) is 0 Å². The highest BCUT2D eigenvalue weighted by Gasteiger charge is 2.17. The first-order valence-corrected chi connectivity index (χ1v) is 6.11. The number of halogens is 2. The molecule has 1 N–H and O–H groups in total. The van der Waals surface area contributed by atoms with Crippen LogP contribution >= 0.6 is 11.6 Å². The molecular weight excluding hydrogens is 241 g/mol. The van der Waals surface area contributed by atoms with Gasteiger partial charge in [-0.1, -0.05) is 24.6 Å². The summed E-state index contributed by atoms with van der Waals surface area (Å²) in [6.07, 6.45) is 0. The number of ether oxygens (including phenoxy) is 1. The summed E-state index contributed by atoms with van der Waals surface area (Å²) in [6, 6.07) is 5.01. The summed E-state index contributed by atoms with van der Waals surface area (Å²) in [5, 5.41) is 3.73. The first-order chi connectivity index (χ1) is 8.06. The molecule has 0 aliphatic heterocycles. The van der Waals surface area contributed by atoms with Crippen molar-refractivity contribution in [3.63, 3.8) is 0 Å². The second-order valence-electron chi connectivity index (χ2n) is 4.19. The van der Waals surface area contributed by atoms with E-state index in [1.807, 2.05) is 13.8 Å². The maximum Gasteiger partial charge on any atom is 0.128 e. The van der Waals surface area contributed by atoms with Crippen LogP contribution in [-0.2, 0) is 4.74 Å². The van der Waals surface area contributed by atoms with E-state index in [4.69, 9.17) is 16.3 Å². The van der Waals surface area contributed by atoms with Gasteiger partial charge in [-0.05, 0) is 30.5 Å². The van der Waals surface area contributed by atoms with Gasteiger partial charge in [-0.25, -0.2) is 4.39 Å². The Morgan fingerprint density at radius 3 is 2.71 bits per heavy atom. The van der Waals surface area contributed by atoms with Crippen LogP contribution in [0.1, 0.15) is 25.3 Å². The van der Waals surface area contributed by atoms with Gasteiger partial charge in [-0.15, -0.1) is 0 Å². The molecule has 2 unspecified atom stereocenters. The third-order valence-electron chi connectivity index (χ3n) is 2.98. The molecule has 1 rings (SSSR count). The minimum absolute atomic E-state index is 0.0872. The monoisotopic (exact) mass is 259 g/mol. The Hall–Kier alpha value is -0.640. The van der Waals surface area contributed by atoms with E-state index in [1.54, 1.807) is 19.2 Å². The molecule has 96 valence electrons. The minimum Gasteiger partial charge on any atom is -0.383 e. The molecule has 0 aromatic heterocycles. The van der Waals surface area contributed by atoms with E-state index < -0.39 is 0 Å². The van der Waals surface area contributed by atoms with Crippen LogP contribution in [0.3, 0.4) is 0 Å². The van der Waals surface area contributed by atoms with Crippen molar-refractivity contribution in [3.05, 3.63) is 34.6 Å². The molecule has 0 fully saturated rings. The Kier molecular flexibility index (Phi) is 5.89. The molecule has 17 heavy (non-hydrogen) atoms. The molecule has 0 amide bonds. The van der Waals surface area contributed by atoms with Crippen molar-refractivity contribution in [2.75, 3.05) is 20.3 Å². The Bertz CT molecular complexity index is 359. The normalized spacial score (nSPS) is 14.6. The fourth-order valence-corrected chi connectivity index (χ4v) is 1.86. The smallest absolute Gasteiger partial charge is 0.128 e. The minimum atomic E-state index is -0.245. The Balaban J connectivity index is 2.64. The van der Waals surface area contributed by atoms with Gasteiger partial charge in [-0.3, -0.25) is 0 Å². The predicted molar refractivity (Wildman–Crippen MR) is 69.2 cm³/mol. The molecule has 0 saturated carbocycles. The van der Waals surface area contributed by atoms with Crippen LogP contribution in [0.25, 0.3) is 0 Å². The second kappa shape index (κ2) is 6.94. The summed E-state index contributed by atoms with van der Waals surface area (Å²) in [4.78, 5) is 0. The van der Waals surface area contributed by atoms with Crippen molar-refractivity contribution in [1.82, 2.24) is 5.32 Å². The van der Waals surface area contributed by atoms with E-state index in [9.17, 15) is 4.39 Å². The molecular formula is C13H19ClFNO. The van der Waals surface area contributed by atoms with Crippen molar-refractivity contribution in [3.8, 4) is 0 Å². The number of hydrogen-bond donors (Lipinski definition) is 1. The summed E-state index contributed by atoms with van der Waals surface area (Å²) in [6.45, 7) is 5.45. The highest BCUT2D eigenvalue weighted by Crippen LogP contribution is 2.24. The van der Waals surface area contributed by atoms with Crippen molar-refractivity contribution < 1.29 is 9.13 Å². The van der Waals surface area contributed by atoms with Gasteiger partial charge in [0.2, 0.25) is 0 Å². The van der Waals surface area contributed by atoms with Gasteiger partial charge in [0.1, 0.15) is 5.82 Å². The molecule has 0 bridgehead atoms. The van der Waals surface area contributed by atoms with Crippen molar-refractivity contribution in [2.45, 2.75) is 25.8 Å². The predicted octanol–water partition coefficient (Wildman–Crippen LogP) is 3.21. The van der Waals surface area contributed by atoms with Crippen LogP contribution in [0.5, 0.6) is 0 Å². The Morgan fingerprint density at radius 1 is 1.41 bits per heavy atom. The second-order valence-corrected chi connectivity index (χ2v) is 4.63. The summed E-state index contributed by atoms with van der Waals surface area (Å²) in [5.41, 5.74) is 0.687. The first-order valence-electron chi connectivity index (χ1n) is 5.73. The van der Waals surface area contributed by atoms with E-state index in [2.05, 4.69) is 5.32 Å². The quantitative estimate of drug-likeness (QED) is 0.792. The molecule has 0 heterocycles. The maximum atomic E-state index is 13.7. The van der Waals surface area contributed by atoms with Gasteiger partial charge in [0.25, 0.3) is 0 Å². The molecule has 0 spiro atoms. The van der Waals surface area contributed by atoms with Crippen molar-refractivity contribution in [2.24, 2.45) is 0 Å². The number of nitrogens with one attached hydrogen (secondary N) is 1. The van der Waals surface area contributed by atoms with Gasteiger partial charge in [0, 0.05) is 24.7 Å². The van der Waals surface area contributed by atoms with Gasteiger partial charge in [0.05, 0.1) is 6.61 Å². The van der Waals surface area contributed by atoms with Crippen molar-refractivity contribution in [1.29, 1.82) is 0 Å². The zero-order valence-corrected chi connectivity index (χ0v) is 11.2. The molecule has 0 saturated heterocycles. The average molecular weight is 260 g/mol. The summed E-state index contributed by atoms with van der Waals surface area (Å²) in [7, 11) is 1.66. The van der Waals surface area contributed by atoms with Crippen molar-refractivity contribution >= 4 is 11.6 Å². The third kappa shape index (κ3) is 4.26. The summed E-state index contributed by atoms with van der Waals surface area (Å²) in [5.74, 6) is -0.158. The topological polar surface area (TPSA) is 21.3 Å². The fraction of sp³-hybridized carbons (Fsp3) is 0.538. The van der Waals surface area contributed by atoms with E-state index in [-0.39, 0.29) is 17.8 Å². The van der Waals surface area contributed by atoms with Crippen LogP contribution in [0, 0.1) is 5.82 Å². The lowest BCUT2D eigenvalue weighted by atomic mass is 9.94. The number of rotatable bonds is 6. The van der Waals surface area contributed by atoms with E-state index in [0.717, 1.165) is 6.54 Å². The number of benzene rings is 1. The average Bonchev–Trinajstić information content (AvgIpc) is 2.28. The standard InChI is InChI=1S/C13H19ClFNO/c1-9(10(2)16-6-7-17-3)12-5-4-11(14)8-13(12)15/h4-5,8-10,16H,6-7H2,1-3H3. The largest absolute Gasteiger partial charge is 0.383 e. The van der Waals surface area contributed by atoms with Crippen LogP contribution < -0.4 is 5.32 Å². The van der Waals surface area contributed by atoms with Crippen LogP contribution in [0.4, 0.5) is 4.39 Å².